The molecule has 1 aliphatic carbocycles. The summed E-state index contributed by atoms with van der Waals surface area (Å²) in [5, 5.41) is 11.1. The lowest BCUT2D eigenvalue weighted by Gasteiger charge is -2.18. The summed E-state index contributed by atoms with van der Waals surface area (Å²) in [5.74, 6) is 0. The maximum atomic E-state index is 12.5. The van der Waals surface area contributed by atoms with Gasteiger partial charge in [0, 0.05) is 12.1 Å². The third kappa shape index (κ3) is 3.41. The summed E-state index contributed by atoms with van der Waals surface area (Å²) < 4.78 is 27.7. The molecular formula is C14H20N2O4S. The Hall–Kier alpha value is -1.47. The van der Waals surface area contributed by atoms with Crippen LogP contribution in [0, 0.1) is 22.5 Å². The van der Waals surface area contributed by atoms with Crippen LogP contribution in [-0.4, -0.2) is 19.4 Å². The minimum Gasteiger partial charge on any atom is -0.258 e. The molecule has 1 unspecified atom stereocenters. The van der Waals surface area contributed by atoms with Crippen molar-refractivity contribution in [2.75, 3.05) is 0 Å². The number of nitro benzene ring substituents is 1. The van der Waals surface area contributed by atoms with E-state index >= 15 is 0 Å². The number of sulfonamides is 1. The molecule has 1 aliphatic rings. The van der Waals surface area contributed by atoms with E-state index in [9.17, 15) is 18.5 Å². The molecule has 7 heteroatoms. The van der Waals surface area contributed by atoms with Crippen molar-refractivity contribution in [3.63, 3.8) is 0 Å². The highest BCUT2D eigenvalue weighted by Gasteiger charge is 2.36. The van der Waals surface area contributed by atoms with Crippen LogP contribution in [0.25, 0.3) is 0 Å². The average molecular weight is 312 g/mol. The van der Waals surface area contributed by atoms with E-state index in [1.54, 1.807) is 13.0 Å². The van der Waals surface area contributed by atoms with Crippen molar-refractivity contribution in [3.05, 3.63) is 33.9 Å². The van der Waals surface area contributed by atoms with Crippen LogP contribution in [0.4, 0.5) is 5.69 Å². The lowest BCUT2D eigenvalue weighted by Crippen LogP contribution is -2.34. The molecule has 116 valence electrons. The van der Waals surface area contributed by atoms with Crippen LogP contribution in [0.2, 0.25) is 0 Å². The number of aryl methyl sites for hydroxylation is 1. The fourth-order valence-electron chi connectivity index (χ4n) is 2.95. The molecule has 0 radical (unpaired) electrons. The molecule has 1 fully saturated rings. The minimum absolute atomic E-state index is 0.102. The third-order valence-corrected chi connectivity index (χ3v) is 5.66. The average Bonchev–Trinajstić information content (AvgIpc) is 2.66. The van der Waals surface area contributed by atoms with Crippen molar-refractivity contribution in [3.8, 4) is 0 Å². The van der Waals surface area contributed by atoms with Crippen LogP contribution in [0.3, 0.4) is 0 Å². The van der Waals surface area contributed by atoms with Crippen LogP contribution in [0.15, 0.2) is 23.1 Å². The summed E-state index contributed by atoms with van der Waals surface area (Å²) in [4.78, 5) is 10.2. The summed E-state index contributed by atoms with van der Waals surface area (Å²) in [6.45, 7) is 5.76. The van der Waals surface area contributed by atoms with Crippen molar-refractivity contribution in [2.24, 2.45) is 5.41 Å². The van der Waals surface area contributed by atoms with E-state index in [0.29, 0.717) is 5.56 Å². The number of hydrogen-bond donors (Lipinski definition) is 1. The molecule has 0 aromatic heterocycles. The summed E-state index contributed by atoms with van der Waals surface area (Å²) in [7, 11) is -3.89. The molecule has 0 saturated heterocycles. The van der Waals surface area contributed by atoms with Crippen molar-refractivity contribution in [1.82, 2.24) is 4.72 Å². The molecule has 0 aliphatic heterocycles. The van der Waals surface area contributed by atoms with E-state index < -0.39 is 14.9 Å². The van der Waals surface area contributed by atoms with Gasteiger partial charge in [-0.3, -0.25) is 10.1 Å². The van der Waals surface area contributed by atoms with Gasteiger partial charge in [-0.05, 0) is 37.2 Å². The van der Waals surface area contributed by atoms with E-state index in [4.69, 9.17) is 0 Å². The van der Waals surface area contributed by atoms with Gasteiger partial charge in [-0.1, -0.05) is 26.0 Å². The molecule has 0 bridgehead atoms. The second kappa shape index (κ2) is 5.38. The monoisotopic (exact) mass is 312 g/mol. The molecule has 21 heavy (non-hydrogen) atoms. The highest BCUT2D eigenvalue weighted by atomic mass is 32.2. The van der Waals surface area contributed by atoms with Crippen LogP contribution in [0.5, 0.6) is 0 Å². The Balaban J connectivity index is 2.35. The van der Waals surface area contributed by atoms with Gasteiger partial charge in [0.1, 0.15) is 0 Å². The lowest BCUT2D eigenvalue weighted by molar-refractivity contribution is -0.387. The molecule has 0 amide bonds. The first kappa shape index (κ1) is 15.9. The number of nitrogens with zero attached hydrogens (tertiary/aromatic N) is 1. The Bertz CT molecular complexity index is 668. The van der Waals surface area contributed by atoms with Gasteiger partial charge < -0.3 is 0 Å². The lowest BCUT2D eigenvalue weighted by atomic mass is 9.92. The molecule has 0 spiro atoms. The minimum atomic E-state index is -3.89. The topological polar surface area (TPSA) is 89.3 Å². The Morgan fingerprint density at radius 1 is 1.38 bits per heavy atom. The van der Waals surface area contributed by atoms with Gasteiger partial charge in [0.2, 0.25) is 10.0 Å². The molecule has 1 aromatic carbocycles. The van der Waals surface area contributed by atoms with Gasteiger partial charge >= 0.3 is 0 Å². The Morgan fingerprint density at radius 3 is 2.57 bits per heavy atom. The van der Waals surface area contributed by atoms with E-state index in [1.807, 2.05) is 0 Å². The van der Waals surface area contributed by atoms with Gasteiger partial charge in [0.25, 0.3) is 5.69 Å². The summed E-state index contributed by atoms with van der Waals surface area (Å²) >= 11 is 0. The van der Waals surface area contributed by atoms with Gasteiger partial charge in [0.05, 0.1) is 4.92 Å². The van der Waals surface area contributed by atoms with Gasteiger partial charge in [-0.2, -0.15) is 0 Å². The Kier molecular flexibility index (Phi) is 4.08. The standard InChI is InChI=1S/C14H20N2O4S/c1-10-5-4-6-12(16(17)18)13(10)21(19,20)15-11-7-8-14(2,3)9-11/h4-6,11,15H,7-9H2,1-3H3. The zero-order valence-corrected chi connectivity index (χ0v) is 13.2. The van der Waals surface area contributed by atoms with E-state index in [-0.39, 0.29) is 22.0 Å². The molecule has 6 nitrogen and oxygen atoms in total. The predicted molar refractivity (Wildman–Crippen MR) is 79.6 cm³/mol. The molecule has 1 atom stereocenters. The van der Waals surface area contributed by atoms with Crippen molar-refractivity contribution < 1.29 is 13.3 Å². The van der Waals surface area contributed by atoms with Crippen molar-refractivity contribution in [2.45, 2.75) is 51.0 Å². The van der Waals surface area contributed by atoms with Crippen LogP contribution in [-0.2, 0) is 10.0 Å². The second-order valence-electron chi connectivity index (χ2n) is 6.41. The Morgan fingerprint density at radius 2 is 2.05 bits per heavy atom. The van der Waals surface area contributed by atoms with Crippen molar-refractivity contribution >= 4 is 15.7 Å². The fourth-order valence-corrected chi connectivity index (χ4v) is 4.61. The van der Waals surface area contributed by atoms with Crippen molar-refractivity contribution in [1.29, 1.82) is 0 Å². The zero-order valence-electron chi connectivity index (χ0n) is 12.4. The van der Waals surface area contributed by atoms with Gasteiger partial charge in [-0.25, -0.2) is 13.1 Å². The summed E-state index contributed by atoms with van der Waals surface area (Å²) in [6, 6.07) is 4.12. The number of nitrogens with one attached hydrogen (secondary N) is 1. The number of nitro groups is 1. The predicted octanol–water partition coefficient (Wildman–Crippen LogP) is 2.76. The number of hydrogen-bond acceptors (Lipinski definition) is 4. The maximum Gasteiger partial charge on any atom is 0.289 e. The summed E-state index contributed by atoms with van der Waals surface area (Å²) in [5.41, 5.74) is 0.110. The molecule has 1 aromatic rings. The largest absolute Gasteiger partial charge is 0.289 e. The highest BCUT2D eigenvalue weighted by Crippen LogP contribution is 2.38. The maximum absolute atomic E-state index is 12.5. The SMILES string of the molecule is Cc1cccc([N+](=O)[O-])c1S(=O)(=O)NC1CCC(C)(C)C1. The van der Waals surface area contributed by atoms with E-state index in [2.05, 4.69) is 18.6 Å². The van der Waals surface area contributed by atoms with E-state index in [0.717, 1.165) is 19.3 Å². The first-order chi connectivity index (χ1) is 9.62. The fraction of sp³-hybridized carbons (Fsp3) is 0.571. The smallest absolute Gasteiger partial charge is 0.258 e. The van der Waals surface area contributed by atoms with Gasteiger partial charge in [-0.15, -0.1) is 0 Å². The van der Waals surface area contributed by atoms with Gasteiger partial charge in [0.15, 0.2) is 4.90 Å². The number of rotatable bonds is 4. The Labute approximate surface area is 124 Å². The molecule has 2 rings (SSSR count). The number of benzene rings is 1. The van der Waals surface area contributed by atoms with Crippen LogP contribution >= 0.6 is 0 Å². The third-order valence-electron chi connectivity index (χ3n) is 3.95. The normalized spacial score (nSPS) is 21.4. The molecule has 1 saturated carbocycles. The van der Waals surface area contributed by atoms with E-state index in [1.165, 1.54) is 12.1 Å². The quantitative estimate of drug-likeness (QED) is 0.684. The van der Waals surface area contributed by atoms with Crippen LogP contribution < -0.4 is 4.72 Å². The molecule has 0 heterocycles. The molecule has 1 N–H and O–H groups in total. The zero-order chi connectivity index (χ0) is 15.8. The first-order valence-corrected chi connectivity index (χ1v) is 8.37. The first-order valence-electron chi connectivity index (χ1n) is 6.89. The summed E-state index contributed by atoms with van der Waals surface area (Å²) in [6.07, 6.45) is 2.44. The second-order valence-corrected chi connectivity index (χ2v) is 8.06. The highest BCUT2D eigenvalue weighted by molar-refractivity contribution is 7.89. The van der Waals surface area contributed by atoms with Crippen LogP contribution in [0.1, 0.15) is 38.7 Å². The molecular weight excluding hydrogens is 292 g/mol.